The first kappa shape index (κ1) is 14.4. The third-order valence-electron chi connectivity index (χ3n) is 5.22. The topological polar surface area (TPSA) is 26.3 Å². The van der Waals surface area contributed by atoms with Crippen molar-refractivity contribution in [2.75, 3.05) is 7.11 Å². The van der Waals surface area contributed by atoms with E-state index in [0.717, 1.165) is 37.0 Å². The fourth-order valence-electron chi connectivity index (χ4n) is 3.86. The Balaban J connectivity index is 2.08. The van der Waals surface area contributed by atoms with E-state index >= 15 is 0 Å². The van der Waals surface area contributed by atoms with Crippen molar-refractivity contribution in [2.45, 2.75) is 52.9 Å². The van der Waals surface area contributed by atoms with Crippen LogP contribution in [0.1, 0.15) is 49.8 Å². The normalized spacial score (nSPS) is 20.7. The predicted molar refractivity (Wildman–Crippen MR) is 84.8 cm³/mol. The molecule has 2 heteroatoms. The van der Waals surface area contributed by atoms with Gasteiger partial charge in [-0.25, -0.2) is 0 Å². The van der Waals surface area contributed by atoms with E-state index in [1.54, 1.807) is 7.11 Å². The fourth-order valence-corrected chi connectivity index (χ4v) is 3.86. The number of ether oxygens (including phenoxy) is 1. The molecule has 1 aromatic rings. The van der Waals surface area contributed by atoms with Gasteiger partial charge >= 0.3 is 0 Å². The summed E-state index contributed by atoms with van der Waals surface area (Å²) in [6, 6.07) is 4.37. The van der Waals surface area contributed by atoms with Crippen molar-refractivity contribution in [3.8, 4) is 5.75 Å². The summed E-state index contributed by atoms with van der Waals surface area (Å²) >= 11 is 0. The number of hydrogen-bond donors (Lipinski definition) is 0. The first-order valence-electron chi connectivity index (χ1n) is 7.84. The molecule has 0 saturated carbocycles. The summed E-state index contributed by atoms with van der Waals surface area (Å²) in [5, 5.41) is 0. The first-order chi connectivity index (χ1) is 9.92. The number of Topliss-reactive ketones (excluding diaryl/α,β-unsaturated/α-hetero) is 1. The van der Waals surface area contributed by atoms with Crippen LogP contribution in [0.3, 0.4) is 0 Å². The minimum absolute atomic E-state index is 0.171. The van der Waals surface area contributed by atoms with Gasteiger partial charge in [0.2, 0.25) is 0 Å². The smallest absolute Gasteiger partial charge is 0.159 e. The van der Waals surface area contributed by atoms with Crippen LogP contribution < -0.4 is 4.74 Å². The molecule has 0 bridgehead atoms. The fraction of sp³-hybridized carbons (Fsp3) is 0.526. The number of rotatable bonds is 1. The van der Waals surface area contributed by atoms with E-state index < -0.39 is 0 Å². The SMILES string of the molecule is COc1cc2c(cc1C)CCC1=C(C2)C(=O)CCC1(C)C. The average Bonchev–Trinajstić information content (AvgIpc) is 2.62. The second-order valence-corrected chi connectivity index (χ2v) is 7.03. The van der Waals surface area contributed by atoms with Crippen LogP contribution in [0.4, 0.5) is 0 Å². The minimum atomic E-state index is 0.171. The molecule has 0 amide bonds. The summed E-state index contributed by atoms with van der Waals surface area (Å²) in [5.41, 5.74) is 6.48. The first-order valence-corrected chi connectivity index (χ1v) is 7.84. The van der Waals surface area contributed by atoms with Gasteiger partial charge in [0, 0.05) is 12.8 Å². The van der Waals surface area contributed by atoms with Gasteiger partial charge in [0.15, 0.2) is 5.78 Å². The Bertz CT molecular complexity index is 635. The van der Waals surface area contributed by atoms with Crippen LogP contribution in [0.5, 0.6) is 5.75 Å². The van der Waals surface area contributed by atoms with Gasteiger partial charge in [-0.1, -0.05) is 25.5 Å². The second kappa shape index (κ2) is 5.01. The van der Waals surface area contributed by atoms with Gasteiger partial charge in [0.25, 0.3) is 0 Å². The van der Waals surface area contributed by atoms with Gasteiger partial charge in [-0.05, 0) is 59.9 Å². The standard InChI is InChI=1S/C19H24O2/c1-12-9-13-5-6-16-15(10-14(13)11-18(12)21-4)17(20)7-8-19(16,2)3/h9,11H,5-8,10H2,1-4H3. The monoisotopic (exact) mass is 284 g/mol. The maximum Gasteiger partial charge on any atom is 0.159 e. The van der Waals surface area contributed by atoms with Gasteiger partial charge < -0.3 is 4.74 Å². The molecular formula is C19H24O2. The van der Waals surface area contributed by atoms with Crippen molar-refractivity contribution < 1.29 is 9.53 Å². The van der Waals surface area contributed by atoms with Crippen LogP contribution in [0.25, 0.3) is 0 Å². The van der Waals surface area contributed by atoms with Crippen molar-refractivity contribution in [3.05, 3.63) is 40.0 Å². The Kier molecular flexibility index (Phi) is 3.43. The van der Waals surface area contributed by atoms with E-state index in [1.165, 1.54) is 22.3 Å². The molecule has 0 N–H and O–H groups in total. The van der Waals surface area contributed by atoms with Gasteiger partial charge in [0.05, 0.1) is 7.11 Å². The lowest BCUT2D eigenvalue weighted by Gasteiger charge is -2.34. The van der Waals surface area contributed by atoms with Crippen molar-refractivity contribution >= 4 is 5.78 Å². The number of ketones is 1. The summed E-state index contributed by atoms with van der Waals surface area (Å²) in [6.07, 6.45) is 4.53. The highest BCUT2D eigenvalue weighted by molar-refractivity contribution is 5.98. The molecule has 3 rings (SSSR count). The van der Waals surface area contributed by atoms with Crippen molar-refractivity contribution in [1.29, 1.82) is 0 Å². The largest absolute Gasteiger partial charge is 0.496 e. The van der Waals surface area contributed by atoms with E-state index in [-0.39, 0.29) is 5.41 Å². The molecule has 0 heterocycles. The van der Waals surface area contributed by atoms with E-state index in [9.17, 15) is 4.79 Å². The maximum absolute atomic E-state index is 12.4. The highest BCUT2D eigenvalue weighted by Gasteiger charge is 2.35. The predicted octanol–water partition coefficient (Wildman–Crippen LogP) is 4.18. The summed E-state index contributed by atoms with van der Waals surface area (Å²) in [7, 11) is 1.71. The van der Waals surface area contributed by atoms with E-state index in [0.29, 0.717) is 12.2 Å². The zero-order chi connectivity index (χ0) is 15.2. The molecule has 21 heavy (non-hydrogen) atoms. The van der Waals surface area contributed by atoms with Crippen LogP contribution in [-0.2, 0) is 17.6 Å². The Labute approximate surface area is 127 Å². The molecule has 112 valence electrons. The number of allylic oxidation sites excluding steroid dienone is 2. The number of hydrogen-bond acceptors (Lipinski definition) is 2. The summed E-state index contributed by atoms with van der Waals surface area (Å²) in [5.74, 6) is 1.29. The van der Waals surface area contributed by atoms with Gasteiger partial charge in [-0.2, -0.15) is 0 Å². The second-order valence-electron chi connectivity index (χ2n) is 7.03. The molecule has 0 aromatic heterocycles. The van der Waals surface area contributed by atoms with E-state index in [1.807, 2.05) is 0 Å². The molecule has 2 aliphatic rings. The van der Waals surface area contributed by atoms with E-state index in [4.69, 9.17) is 4.74 Å². The Hall–Kier alpha value is -1.57. The quantitative estimate of drug-likeness (QED) is 0.773. The van der Waals surface area contributed by atoms with Crippen LogP contribution in [0, 0.1) is 12.3 Å². The number of carbonyl (C=O) groups excluding carboxylic acids is 1. The molecular weight excluding hydrogens is 260 g/mol. The van der Waals surface area contributed by atoms with Crippen molar-refractivity contribution in [3.63, 3.8) is 0 Å². The summed E-state index contributed by atoms with van der Waals surface area (Å²) < 4.78 is 5.45. The van der Waals surface area contributed by atoms with Gasteiger partial charge in [0.1, 0.15) is 5.75 Å². The van der Waals surface area contributed by atoms with Gasteiger partial charge in [-0.3, -0.25) is 4.79 Å². The number of carbonyl (C=O) groups is 1. The van der Waals surface area contributed by atoms with Crippen LogP contribution in [0.2, 0.25) is 0 Å². The van der Waals surface area contributed by atoms with Crippen LogP contribution in [0.15, 0.2) is 23.3 Å². The van der Waals surface area contributed by atoms with Crippen LogP contribution in [-0.4, -0.2) is 12.9 Å². The third-order valence-corrected chi connectivity index (χ3v) is 5.22. The van der Waals surface area contributed by atoms with Gasteiger partial charge in [-0.15, -0.1) is 0 Å². The molecule has 1 aromatic carbocycles. The molecule has 0 saturated heterocycles. The lowest BCUT2D eigenvalue weighted by atomic mass is 9.70. The molecule has 0 spiro atoms. The van der Waals surface area contributed by atoms with E-state index in [2.05, 4.69) is 32.9 Å². The van der Waals surface area contributed by atoms with Crippen LogP contribution >= 0.6 is 0 Å². The highest BCUT2D eigenvalue weighted by Crippen LogP contribution is 2.44. The van der Waals surface area contributed by atoms with Crippen molar-refractivity contribution in [2.24, 2.45) is 5.41 Å². The minimum Gasteiger partial charge on any atom is -0.496 e. The molecule has 0 unspecified atom stereocenters. The lowest BCUT2D eigenvalue weighted by molar-refractivity contribution is -0.116. The highest BCUT2D eigenvalue weighted by atomic mass is 16.5. The lowest BCUT2D eigenvalue weighted by Crippen LogP contribution is -2.26. The molecule has 2 aliphatic carbocycles. The Morgan fingerprint density at radius 3 is 2.57 bits per heavy atom. The summed E-state index contributed by atoms with van der Waals surface area (Å²) in [4.78, 5) is 12.4. The zero-order valence-corrected chi connectivity index (χ0v) is 13.5. The molecule has 0 radical (unpaired) electrons. The number of benzene rings is 1. The maximum atomic E-state index is 12.4. The zero-order valence-electron chi connectivity index (χ0n) is 13.5. The molecule has 0 fully saturated rings. The summed E-state index contributed by atoms with van der Waals surface area (Å²) in [6.45, 7) is 6.67. The molecule has 2 nitrogen and oxygen atoms in total. The Morgan fingerprint density at radius 1 is 1.10 bits per heavy atom. The number of aryl methyl sites for hydroxylation is 2. The number of methoxy groups -OCH3 is 1. The third kappa shape index (κ3) is 2.41. The van der Waals surface area contributed by atoms with Crippen molar-refractivity contribution in [1.82, 2.24) is 0 Å². The molecule has 0 atom stereocenters. The average molecular weight is 284 g/mol. The molecule has 0 aliphatic heterocycles. The number of fused-ring (bicyclic) bond motifs is 1. The Morgan fingerprint density at radius 2 is 1.86 bits per heavy atom.